The summed E-state index contributed by atoms with van der Waals surface area (Å²) in [4.78, 5) is 0. The molecular weight excluding hydrogens is 1050 g/mol. The number of hydrogen-bond acceptors (Lipinski definition) is 1. The van der Waals surface area contributed by atoms with E-state index >= 15 is 0 Å². The first-order valence-corrected chi connectivity index (χ1v) is 30.2. The Balaban J connectivity index is 0.000000136. The highest BCUT2D eigenvalue weighted by atomic mass is 32.1. The van der Waals surface area contributed by atoms with Gasteiger partial charge in [0.1, 0.15) is 0 Å². The van der Waals surface area contributed by atoms with Crippen molar-refractivity contribution < 1.29 is 0 Å². The molecule has 0 amide bonds. The van der Waals surface area contributed by atoms with Crippen molar-refractivity contribution in [2.45, 2.75) is 13.8 Å². The summed E-state index contributed by atoms with van der Waals surface area (Å²) < 4.78 is 12.4. The standard InChI is InChI=1S/C42H26N2S.C36H24N2.C2H6/c1-2-10-27(11-3-1)28-18-20-29(21-19-28)43-35-15-7-4-13-32(35)41-37(43)23-24-38-42(41)33-14-5-8-16-36(33)44(38)30-22-25-40-34(26-30)31-12-6-9-17-39(31)45-40;1-3-11-25(12-4-1)26-19-21-28(22-20-26)38-34-18-10-8-16-30(34)32-24-23-31-29-15-7-9-17-33(29)37(35(31)36(32)38)27-13-5-2-6-14-27;1-2/h1-26H;1-24H;1-2H3. The van der Waals surface area contributed by atoms with Crippen molar-refractivity contribution in [3.8, 4) is 45.0 Å². The van der Waals surface area contributed by atoms with Gasteiger partial charge in [-0.2, -0.15) is 0 Å². The van der Waals surface area contributed by atoms with Crippen LogP contribution in [0.5, 0.6) is 0 Å². The van der Waals surface area contributed by atoms with Gasteiger partial charge in [0.25, 0.3) is 0 Å². The Morgan fingerprint density at radius 1 is 0.212 bits per heavy atom. The molecule has 0 atom stereocenters. The molecule has 402 valence electrons. The van der Waals surface area contributed by atoms with E-state index in [9.17, 15) is 0 Å². The molecule has 4 nitrogen and oxygen atoms in total. The number of rotatable bonds is 6. The Morgan fingerprint density at radius 2 is 0.553 bits per heavy atom. The Morgan fingerprint density at radius 3 is 1.05 bits per heavy atom. The Labute approximate surface area is 496 Å². The molecule has 0 spiro atoms. The summed E-state index contributed by atoms with van der Waals surface area (Å²) in [5.41, 5.74) is 19.4. The number of aromatic nitrogens is 4. The minimum absolute atomic E-state index is 1.16. The van der Waals surface area contributed by atoms with Gasteiger partial charge in [0.05, 0.1) is 44.1 Å². The van der Waals surface area contributed by atoms with Gasteiger partial charge in [-0.15, -0.1) is 11.3 Å². The third-order valence-electron chi connectivity index (χ3n) is 17.0. The second-order valence-corrected chi connectivity index (χ2v) is 22.6. The summed E-state index contributed by atoms with van der Waals surface area (Å²) in [7, 11) is 0. The summed E-state index contributed by atoms with van der Waals surface area (Å²) in [5, 5.41) is 12.8. The predicted octanol–water partition coefficient (Wildman–Crippen LogP) is 22.5. The van der Waals surface area contributed by atoms with Crippen molar-refractivity contribution in [2.24, 2.45) is 0 Å². The quantitative estimate of drug-likeness (QED) is 0.158. The molecule has 0 bridgehead atoms. The van der Waals surface area contributed by atoms with Crippen LogP contribution in [0.3, 0.4) is 0 Å². The van der Waals surface area contributed by atoms with E-state index in [1.807, 2.05) is 25.2 Å². The third kappa shape index (κ3) is 8.03. The van der Waals surface area contributed by atoms with Gasteiger partial charge in [-0.1, -0.05) is 220 Å². The van der Waals surface area contributed by atoms with Crippen LogP contribution in [-0.2, 0) is 0 Å². The molecule has 13 aromatic carbocycles. The normalized spacial score (nSPS) is 11.6. The van der Waals surface area contributed by atoms with Crippen LogP contribution in [0.2, 0.25) is 0 Å². The highest BCUT2D eigenvalue weighted by Gasteiger charge is 2.23. The maximum absolute atomic E-state index is 2.46. The van der Waals surface area contributed by atoms with E-state index in [-0.39, 0.29) is 0 Å². The van der Waals surface area contributed by atoms with Crippen molar-refractivity contribution in [1.82, 2.24) is 18.3 Å². The second kappa shape index (κ2) is 20.6. The lowest BCUT2D eigenvalue weighted by atomic mass is 10.1. The van der Waals surface area contributed by atoms with Crippen LogP contribution in [0.25, 0.3) is 152 Å². The van der Waals surface area contributed by atoms with Gasteiger partial charge >= 0.3 is 0 Å². The molecule has 0 radical (unpaired) electrons. The van der Waals surface area contributed by atoms with Gasteiger partial charge in [0, 0.05) is 86.0 Å². The van der Waals surface area contributed by atoms with Gasteiger partial charge in [-0.25, -0.2) is 0 Å². The third-order valence-corrected chi connectivity index (χ3v) is 18.2. The average Bonchev–Trinajstić information content (AvgIpc) is 2.45. The highest BCUT2D eigenvalue weighted by Crippen LogP contribution is 2.45. The van der Waals surface area contributed by atoms with E-state index < -0.39 is 0 Å². The van der Waals surface area contributed by atoms with Crippen LogP contribution in [-0.4, -0.2) is 18.3 Å². The maximum atomic E-state index is 2.46. The van der Waals surface area contributed by atoms with Crippen molar-refractivity contribution in [2.75, 3.05) is 0 Å². The molecule has 85 heavy (non-hydrogen) atoms. The Hall–Kier alpha value is -10.7. The van der Waals surface area contributed by atoms with Crippen LogP contribution in [0.15, 0.2) is 303 Å². The molecule has 0 aliphatic rings. The molecule has 5 aromatic heterocycles. The van der Waals surface area contributed by atoms with Crippen molar-refractivity contribution >= 4 is 119 Å². The van der Waals surface area contributed by atoms with Gasteiger partial charge in [0.15, 0.2) is 0 Å². The molecule has 0 unspecified atom stereocenters. The zero-order valence-electron chi connectivity index (χ0n) is 47.1. The van der Waals surface area contributed by atoms with E-state index in [1.165, 1.54) is 147 Å². The van der Waals surface area contributed by atoms with Crippen LogP contribution in [0.1, 0.15) is 13.8 Å². The summed E-state index contributed by atoms with van der Waals surface area (Å²) in [5.74, 6) is 0. The lowest BCUT2D eigenvalue weighted by Gasteiger charge is -2.13. The zero-order valence-corrected chi connectivity index (χ0v) is 47.9. The zero-order chi connectivity index (χ0) is 56.5. The van der Waals surface area contributed by atoms with Crippen LogP contribution >= 0.6 is 11.3 Å². The first kappa shape index (κ1) is 50.0. The monoisotopic (exact) mass is 1100 g/mol. The maximum Gasteiger partial charge on any atom is 0.0788 e. The largest absolute Gasteiger partial charge is 0.309 e. The van der Waals surface area contributed by atoms with Crippen LogP contribution in [0.4, 0.5) is 0 Å². The second-order valence-electron chi connectivity index (χ2n) is 21.6. The molecule has 18 aromatic rings. The molecule has 0 N–H and O–H groups in total. The smallest absolute Gasteiger partial charge is 0.0788 e. The minimum atomic E-state index is 1.16. The lowest BCUT2D eigenvalue weighted by Crippen LogP contribution is -1.98. The molecule has 0 aliphatic carbocycles. The fourth-order valence-electron chi connectivity index (χ4n) is 13.4. The number of nitrogens with zero attached hydrogens (tertiary/aromatic N) is 4. The van der Waals surface area contributed by atoms with Crippen molar-refractivity contribution in [3.05, 3.63) is 303 Å². The first-order valence-electron chi connectivity index (χ1n) is 29.4. The van der Waals surface area contributed by atoms with Gasteiger partial charge in [-0.3, -0.25) is 0 Å². The molecule has 0 saturated heterocycles. The summed E-state index contributed by atoms with van der Waals surface area (Å²) >= 11 is 1.87. The topological polar surface area (TPSA) is 19.7 Å². The van der Waals surface area contributed by atoms with Gasteiger partial charge < -0.3 is 18.3 Å². The van der Waals surface area contributed by atoms with E-state index in [4.69, 9.17) is 0 Å². The van der Waals surface area contributed by atoms with Gasteiger partial charge in [-0.05, 0) is 119 Å². The van der Waals surface area contributed by atoms with E-state index in [0.29, 0.717) is 0 Å². The van der Waals surface area contributed by atoms with E-state index in [0.717, 1.165) is 5.69 Å². The number of thiophene rings is 1. The summed E-state index contributed by atoms with van der Waals surface area (Å²) in [6.45, 7) is 4.00. The highest BCUT2D eigenvalue weighted by molar-refractivity contribution is 7.25. The molecule has 0 fully saturated rings. The fourth-order valence-corrected chi connectivity index (χ4v) is 14.5. The molecule has 5 heteroatoms. The van der Waals surface area contributed by atoms with E-state index in [2.05, 4.69) is 322 Å². The molecule has 0 aliphatic heterocycles. The molecular formula is C80H56N4S. The molecule has 5 heterocycles. The van der Waals surface area contributed by atoms with E-state index in [1.54, 1.807) is 0 Å². The van der Waals surface area contributed by atoms with Crippen molar-refractivity contribution in [1.29, 1.82) is 0 Å². The number of para-hydroxylation sites is 5. The Bertz CT molecular complexity index is 5530. The Kier molecular flexibility index (Phi) is 12.1. The van der Waals surface area contributed by atoms with Crippen LogP contribution in [0, 0.1) is 0 Å². The van der Waals surface area contributed by atoms with Gasteiger partial charge in [0.2, 0.25) is 0 Å². The fraction of sp³-hybridized carbons (Fsp3) is 0.0250. The van der Waals surface area contributed by atoms with Crippen LogP contribution < -0.4 is 0 Å². The summed E-state index contributed by atoms with van der Waals surface area (Å²) in [6, 6.07) is 110. The summed E-state index contributed by atoms with van der Waals surface area (Å²) in [6.07, 6.45) is 0. The molecule has 0 saturated carbocycles. The number of fused-ring (bicyclic) bond motifs is 17. The SMILES string of the molecule is CC.c1ccc(-c2ccc(-n3c4ccccc4c4c5c6ccccc6n(-c6ccc7sc8ccccc8c7c6)c5ccc43)cc2)cc1.c1ccc(-c2ccc(-n3c4ccccc4c4ccc5c6ccccc6n(-c6ccccc6)c5c43)cc2)cc1. The minimum Gasteiger partial charge on any atom is -0.309 e. The average molecular weight is 1110 g/mol. The molecule has 18 rings (SSSR count). The lowest BCUT2D eigenvalue weighted by molar-refractivity contribution is 1.15. The predicted molar refractivity (Wildman–Crippen MR) is 365 cm³/mol. The number of benzene rings is 13. The number of hydrogen-bond donors (Lipinski definition) is 0. The first-order chi connectivity index (χ1) is 42.2. The van der Waals surface area contributed by atoms with Crippen molar-refractivity contribution in [3.63, 3.8) is 0 Å².